The zero-order chi connectivity index (χ0) is 16.1. The normalized spacial score (nSPS) is 12.2. The van der Waals surface area contributed by atoms with Crippen LogP contribution in [0.5, 0.6) is 0 Å². The lowest BCUT2D eigenvalue weighted by Crippen LogP contribution is -2.18. The van der Waals surface area contributed by atoms with Crippen LogP contribution in [-0.2, 0) is 11.0 Å². The lowest BCUT2D eigenvalue weighted by atomic mass is 9.84. The number of aliphatic carboxylic acids is 1. The Balaban J connectivity index is 2.43. The first-order valence-corrected chi connectivity index (χ1v) is 6.73. The SMILES string of the molecule is CC(C)(CCNc1ccc(C(F)(F)F)cc1)CCC(=O)O. The highest BCUT2D eigenvalue weighted by Gasteiger charge is 2.29. The number of carboxylic acids is 1. The van der Waals surface area contributed by atoms with E-state index in [-0.39, 0.29) is 11.8 Å². The van der Waals surface area contributed by atoms with Gasteiger partial charge in [-0.05, 0) is 42.5 Å². The zero-order valence-electron chi connectivity index (χ0n) is 12.1. The summed E-state index contributed by atoms with van der Waals surface area (Å²) in [5, 5.41) is 11.7. The van der Waals surface area contributed by atoms with E-state index in [1.165, 1.54) is 12.1 Å². The second-order valence-electron chi connectivity index (χ2n) is 5.81. The van der Waals surface area contributed by atoms with Crippen LogP contribution in [0, 0.1) is 5.41 Å². The molecule has 0 radical (unpaired) electrons. The molecule has 118 valence electrons. The number of carboxylic acid groups (broad SMARTS) is 1. The molecule has 6 heteroatoms. The van der Waals surface area contributed by atoms with Crippen LogP contribution in [-0.4, -0.2) is 17.6 Å². The van der Waals surface area contributed by atoms with Crippen molar-refractivity contribution in [2.45, 2.75) is 39.3 Å². The lowest BCUT2D eigenvalue weighted by Gasteiger charge is -2.24. The minimum atomic E-state index is -4.32. The highest BCUT2D eigenvalue weighted by atomic mass is 19.4. The molecule has 0 heterocycles. The summed E-state index contributed by atoms with van der Waals surface area (Å²) in [5.41, 5.74) is -0.177. The average Bonchev–Trinajstić information content (AvgIpc) is 2.36. The molecule has 0 fully saturated rings. The van der Waals surface area contributed by atoms with Gasteiger partial charge < -0.3 is 10.4 Å². The molecule has 0 bridgehead atoms. The fourth-order valence-corrected chi connectivity index (χ4v) is 1.89. The third kappa shape index (κ3) is 6.51. The monoisotopic (exact) mass is 303 g/mol. The summed E-state index contributed by atoms with van der Waals surface area (Å²) < 4.78 is 37.2. The Bertz CT molecular complexity index is 467. The zero-order valence-corrected chi connectivity index (χ0v) is 12.1. The number of hydrogen-bond donors (Lipinski definition) is 2. The van der Waals surface area contributed by atoms with Crippen LogP contribution in [0.3, 0.4) is 0 Å². The van der Waals surface area contributed by atoms with Crippen LogP contribution in [0.15, 0.2) is 24.3 Å². The standard InChI is InChI=1S/C15H20F3NO2/c1-14(2,8-7-13(20)21)9-10-19-12-5-3-11(4-6-12)15(16,17)18/h3-6,19H,7-10H2,1-2H3,(H,20,21). The average molecular weight is 303 g/mol. The topological polar surface area (TPSA) is 49.3 Å². The molecule has 0 aliphatic carbocycles. The lowest BCUT2D eigenvalue weighted by molar-refractivity contribution is -0.138. The molecule has 1 aromatic carbocycles. The summed E-state index contributed by atoms with van der Waals surface area (Å²) in [4.78, 5) is 10.5. The van der Waals surface area contributed by atoms with Crippen LogP contribution in [0.2, 0.25) is 0 Å². The Morgan fingerprint density at radius 1 is 1.14 bits per heavy atom. The summed E-state index contributed by atoms with van der Waals surface area (Å²) in [6, 6.07) is 4.87. The molecule has 0 amide bonds. The first kappa shape index (κ1) is 17.3. The van der Waals surface area contributed by atoms with E-state index in [4.69, 9.17) is 5.11 Å². The van der Waals surface area contributed by atoms with E-state index in [1.807, 2.05) is 13.8 Å². The van der Waals surface area contributed by atoms with Gasteiger partial charge in [0, 0.05) is 18.7 Å². The summed E-state index contributed by atoms with van der Waals surface area (Å²) in [5.74, 6) is -0.821. The van der Waals surface area contributed by atoms with Gasteiger partial charge in [0.15, 0.2) is 0 Å². The van der Waals surface area contributed by atoms with Gasteiger partial charge >= 0.3 is 12.1 Å². The maximum absolute atomic E-state index is 12.4. The summed E-state index contributed by atoms with van der Waals surface area (Å²) >= 11 is 0. The molecule has 0 aliphatic rings. The largest absolute Gasteiger partial charge is 0.481 e. The van der Waals surface area contributed by atoms with E-state index < -0.39 is 17.7 Å². The van der Waals surface area contributed by atoms with E-state index in [0.29, 0.717) is 18.7 Å². The first-order valence-electron chi connectivity index (χ1n) is 6.73. The third-order valence-corrected chi connectivity index (χ3v) is 3.36. The molecule has 0 unspecified atom stereocenters. The number of hydrogen-bond acceptors (Lipinski definition) is 2. The van der Waals surface area contributed by atoms with E-state index in [2.05, 4.69) is 5.32 Å². The van der Waals surface area contributed by atoms with Gasteiger partial charge in [-0.3, -0.25) is 4.79 Å². The van der Waals surface area contributed by atoms with Gasteiger partial charge in [0.2, 0.25) is 0 Å². The Kier molecular flexibility index (Phi) is 5.63. The van der Waals surface area contributed by atoms with E-state index in [9.17, 15) is 18.0 Å². The van der Waals surface area contributed by atoms with E-state index in [0.717, 1.165) is 18.6 Å². The molecule has 0 spiro atoms. The van der Waals surface area contributed by atoms with Crippen molar-refractivity contribution in [3.05, 3.63) is 29.8 Å². The summed E-state index contributed by atoms with van der Waals surface area (Å²) in [6.07, 6.45) is -2.90. The number of anilines is 1. The van der Waals surface area contributed by atoms with Gasteiger partial charge in [0.25, 0.3) is 0 Å². The molecular formula is C15H20F3NO2. The van der Waals surface area contributed by atoms with E-state index in [1.54, 1.807) is 0 Å². The molecule has 1 rings (SSSR count). The maximum atomic E-state index is 12.4. The van der Waals surface area contributed by atoms with Gasteiger partial charge in [-0.15, -0.1) is 0 Å². The van der Waals surface area contributed by atoms with Gasteiger partial charge in [0.1, 0.15) is 0 Å². The molecule has 0 atom stereocenters. The summed E-state index contributed by atoms with van der Waals surface area (Å²) in [7, 11) is 0. The van der Waals surface area contributed by atoms with E-state index >= 15 is 0 Å². The maximum Gasteiger partial charge on any atom is 0.416 e. The van der Waals surface area contributed by atoms with Crippen LogP contribution in [0.25, 0.3) is 0 Å². The number of nitrogens with one attached hydrogen (secondary N) is 1. The second kappa shape index (κ2) is 6.83. The minimum Gasteiger partial charge on any atom is -0.481 e. The first-order chi connectivity index (χ1) is 9.60. The Morgan fingerprint density at radius 3 is 2.19 bits per heavy atom. The number of alkyl halides is 3. The molecule has 21 heavy (non-hydrogen) atoms. The van der Waals surface area contributed by atoms with Gasteiger partial charge in [-0.25, -0.2) is 0 Å². The van der Waals surface area contributed by atoms with Crippen molar-refractivity contribution in [2.75, 3.05) is 11.9 Å². The molecule has 0 aromatic heterocycles. The summed E-state index contributed by atoms with van der Waals surface area (Å²) in [6.45, 7) is 4.53. The fraction of sp³-hybridized carbons (Fsp3) is 0.533. The Labute approximate surface area is 122 Å². The van der Waals surface area contributed by atoms with Crippen molar-refractivity contribution in [3.8, 4) is 0 Å². The molecule has 0 saturated carbocycles. The van der Waals surface area contributed by atoms with Gasteiger partial charge in [0.05, 0.1) is 5.56 Å². The van der Waals surface area contributed by atoms with Crippen molar-refractivity contribution in [3.63, 3.8) is 0 Å². The van der Waals surface area contributed by atoms with Crippen molar-refractivity contribution in [1.82, 2.24) is 0 Å². The molecule has 1 aromatic rings. The van der Waals surface area contributed by atoms with Crippen molar-refractivity contribution in [2.24, 2.45) is 5.41 Å². The third-order valence-electron chi connectivity index (χ3n) is 3.36. The van der Waals surface area contributed by atoms with Crippen LogP contribution >= 0.6 is 0 Å². The van der Waals surface area contributed by atoms with Crippen LogP contribution in [0.1, 0.15) is 38.7 Å². The number of halogens is 3. The predicted molar refractivity (Wildman–Crippen MR) is 75.2 cm³/mol. The number of rotatable bonds is 7. The van der Waals surface area contributed by atoms with Crippen molar-refractivity contribution >= 4 is 11.7 Å². The Hall–Kier alpha value is -1.72. The van der Waals surface area contributed by atoms with Crippen molar-refractivity contribution in [1.29, 1.82) is 0 Å². The second-order valence-corrected chi connectivity index (χ2v) is 5.81. The van der Waals surface area contributed by atoms with Crippen molar-refractivity contribution < 1.29 is 23.1 Å². The Morgan fingerprint density at radius 2 is 1.71 bits per heavy atom. The molecule has 3 nitrogen and oxygen atoms in total. The predicted octanol–water partition coefficient (Wildman–Crippen LogP) is 4.40. The smallest absolute Gasteiger partial charge is 0.416 e. The molecule has 0 aliphatic heterocycles. The van der Waals surface area contributed by atoms with Gasteiger partial charge in [-0.1, -0.05) is 13.8 Å². The highest BCUT2D eigenvalue weighted by molar-refractivity contribution is 5.66. The molecular weight excluding hydrogens is 283 g/mol. The quantitative estimate of drug-likeness (QED) is 0.785. The molecule has 0 saturated heterocycles. The van der Waals surface area contributed by atoms with Crippen LogP contribution < -0.4 is 5.32 Å². The van der Waals surface area contributed by atoms with Gasteiger partial charge in [-0.2, -0.15) is 13.2 Å². The molecule has 2 N–H and O–H groups in total. The van der Waals surface area contributed by atoms with Crippen LogP contribution in [0.4, 0.5) is 18.9 Å². The number of carbonyl (C=O) groups is 1. The minimum absolute atomic E-state index is 0.118. The fourth-order valence-electron chi connectivity index (χ4n) is 1.89. The number of benzene rings is 1. The highest BCUT2D eigenvalue weighted by Crippen LogP contribution is 2.30.